The molecule has 4 heteroatoms. The van der Waals surface area contributed by atoms with E-state index in [4.69, 9.17) is 4.74 Å². The van der Waals surface area contributed by atoms with Crippen LogP contribution in [-0.2, 0) is 4.74 Å². The summed E-state index contributed by atoms with van der Waals surface area (Å²) < 4.78 is 5.23. The molecule has 0 aliphatic carbocycles. The molecule has 2 unspecified atom stereocenters. The predicted molar refractivity (Wildman–Crippen MR) is 80.7 cm³/mol. The van der Waals surface area contributed by atoms with E-state index < -0.39 is 0 Å². The molecule has 2 atom stereocenters. The Hall–Kier alpha value is -1.13. The molecular formula is C15H27N3O. The summed E-state index contributed by atoms with van der Waals surface area (Å²) in [6.45, 7) is 8.18. The summed E-state index contributed by atoms with van der Waals surface area (Å²) in [5.41, 5.74) is 1.24. The van der Waals surface area contributed by atoms with Crippen molar-refractivity contribution in [1.82, 2.24) is 10.3 Å². The Morgan fingerprint density at radius 3 is 2.74 bits per heavy atom. The molecule has 0 radical (unpaired) electrons. The Morgan fingerprint density at radius 2 is 2.16 bits per heavy atom. The molecule has 19 heavy (non-hydrogen) atoms. The van der Waals surface area contributed by atoms with Gasteiger partial charge in [0.25, 0.3) is 0 Å². The van der Waals surface area contributed by atoms with E-state index in [9.17, 15) is 0 Å². The fraction of sp³-hybridized carbons (Fsp3) is 0.667. The minimum absolute atomic E-state index is 0.290. The Labute approximate surface area is 117 Å². The smallest absolute Gasteiger partial charge is 0.133 e. The van der Waals surface area contributed by atoms with Gasteiger partial charge in [-0.3, -0.25) is 0 Å². The van der Waals surface area contributed by atoms with Crippen molar-refractivity contribution >= 4 is 5.82 Å². The van der Waals surface area contributed by atoms with Crippen LogP contribution in [-0.4, -0.2) is 38.3 Å². The number of aromatic nitrogens is 1. The lowest BCUT2D eigenvalue weighted by Crippen LogP contribution is -2.37. The molecule has 1 heterocycles. The quantitative estimate of drug-likeness (QED) is 0.784. The second-order valence-corrected chi connectivity index (χ2v) is 4.87. The highest BCUT2D eigenvalue weighted by Gasteiger charge is 2.19. The second kappa shape index (κ2) is 8.12. The molecule has 0 aliphatic heterocycles. The van der Waals surface area contributed by atoms with Crippen molar-refractivity contribution in [3.63, 3.8) is 0 Å². The maximum atomic E-state index is 5.23. The van der Waals surface area contributed by atoms with E-state index in [1.165, 1.54) is 5.56 Å². The van der Waals surface area contributed by atoms with Crippen LogP contribution in [0.5, 0.6) is 0 Å². The minimum atomic E-state index is 0.290. The van der Waals surface area contributed by atoms with Gasteiger partial charge in [-0.25, -0.2) is 4.98 Å². The summed E-state index contributed by atoms with van der Waals surface area (Å²) in [4.78, 5) is 6.94. The van der Waals surface area contributed by atoms with Gasteiger partial charge in [0.1, 0.15) is 5.82 Å². The largest absolute Gasteiger partial charge is 0.383 e. The van der Waals surface area contributed by atoms with Crippen LogP contribution in [0.1, 0.15) is 38.8 Å². The predicted octanol–water partition coefficient (Wildman–Crippen LogP) is 2.61. The lowest BCUT2D eigenvalue weighted by molar-refractivity contribution is 0.203. The number of hydrogen-bond donors (Lipinski definition) is 1. The van der Waals surface area contributed by atoms with Crippen molar-refractivity contribution in [2.24, 2.45) is 0 Å². The molecule has 0 aromatic carbocycles. The Kier molecular flexibility index (Phi) is 6.81. The third-order valence-corrected chi connectivity index (χ3v) is 3.65. The first-order valence-corrected chi connectivity index (χ1v) is 7.03. The molecule has 0 amide bonds. The van der Waals surface area contributed by atoms with Crippen LogP contribution in [0, 0.1) is 0 Å². The first-order valence-electron chi connectivity index (χ1n) is 7.03. The summed E-state index contributed by atoms with van der Waals surface area (Å²) >= 11 is 0. The fourth-order valence-electron chi connectivity index (χ4n) is 2.09. The van der Waals surface area contributed by atoms with Crippen LogP contribution in [0.2, 0.25) is 0 Å². The summed E-state index contributed by atoms with van der Waals surface area (Å²) in [5, 5.41) is 3.29. The van der Waals surface area contributed by atoms with Gasteiger partial charge in [-0.05, 0) is 33.4 Å². The van der Waals surface area contributed by atoms with Crippen molar-refractivity contribution in [2.75, 3.05) is 32.2 Å². The second-order valence-electron chi connectivity index (χ2n) is 4.87. The maximum absolute atomic E-state index is 5.23. The van der Waals surface area contributed by atoms with Gasteiger partial charge in [0.05, 0.1) is 6.61 Å². The highest BCUT2D eigenvalue weighted by molar-refractivity contribution is 5.49. The summed E-state index contributed by atoms with van der Waals surface area (Å²) in [6.07, 6.45) is 2.96. The zero-order chi connectivity index (χ0) is 14.3. The van der Waals surface area contributed by atoms with Crippen molar-refractivity contribution in [1.29, 1.82) is 0 Å². The monoisotopic (exact) mass is 265 g/mol. The van der Waals surface area contributed by atoms with Gasteiger partial charge in [-0.2, -0.15) is 0 Å². The maximum Gasteiger partial charge on any atom is 0.133 e. The molecule has 0 saturated carbocycles. The third-order valence-electron chi connectivity index (χ3n) is 3.65. The van der Waals surface area contributed by atoms with E-state index in [1.807, 2.05) is 19.3 Å². The molecule has 0 aliphatic rings. The average molecular weight is 265 g/mol. The van der Waals surface area contributed by atoms with E-state index in [1.54, 1.807) is 7.11 Å². The van der Waals surface area contributed by atoms with Gasteiger partial charge in [0, 0.05) is 37.5 Å². The molecule has 1 rings (SSSR count). The summed E-state index contributed by atoms with van der Waals surface area (Å²) in [6, 6.07) is 4.88. The zero-order valence-corrected chi connectivity index (χ0v) is 12.8. The van der Waals surface area contributed by atoms with Crippen molar-refractivity contribution in [2.45, 2.75) is 39.3 Å². The number of ether oxygens (including phenoxy) is 1. The zero-order valence-electron chi connectivity index (χ0n) is 12.8. The van der Waals surface area contributed by atoms with Gasteiger partial charge in [-0.15, -0.1) is 0 Å². The molecule has 0 saturated heterocycles. The number of anilines is 1. The SMILES string of the molecule is CCC(C)N(CCOC)c1ncccc1C(C)NC. The van der Waals surface area contributed by atoms with E-state index in [0.29, 0.717) is 12.6 Å². The van der Waals surface area contributed by atoms with Crippen molar-refractivity contribution in [3.8, 4) is 0 Å². The molecule has 1 aromatic rings. The molecule has 0 bridgehead atoms. The van der Waals surface area contributed by atoms with E-state index in [2.05, 4.69) is 42.0 Å². The number of nitrogens with one attached hydrogen (secondary N) is 1. The van der Waals surface area contributed by atoms with Crippen LogP contribution < -0.4 is 10.2 Å². The highest BCUT2D eigenvalue weighted by atomic mass is 16.5. The van der Waals surface area contributed by atoms with Crippen LogP contribution in [0.25, 0.3) is 0 Å². The van der Waals surface area contributed by atoms with Crippen LogP contribution in [0.15, 0.2) is 18.3 Å². The molecule has 4 nitrogen and oxygen atoms in total. The Bertz CT molecular complexity index is 370. The molecule has 0 spiro atoms. The molecular weight excluding hydrogens is 238 g/mol. The van der Waals surface area contributed by atoms with E-state index in [0.717, 1.165) is 18.8 Å². The number of hydrogen-bond acceptors (Lipinski definition) is 4. The summed E-state index contributed by atoms with van der Waals surface area (Å²) in [5.74, 6) is 1.07. The summed E-state index contributed by atoms with van der Waals surface area (Å²) in [7, 11) is 3.72. The third kappa shape index (κ3) is 4.18. The number of rotatable bonds is 8. The lowest BCUT2D eigenvalue weighted by atomic mass is 10.1. The molecule has 0 fully saturated rings. The highest BCUT2D eigenvalue weighted by Crippen LogP contribution is 2.25. The molecule has 108 valence electrons. The van der Waals surface area contributed by atoms with Crippen molar-refractivity contribution < 1.29 is 4.74 Å². The van der Waals surface area contributed by atoms with Gasteiger partial charge in [-0.1, -0.05) is 13.0 Å². The first-order chi connectivity index (χ1) is 9.15. The first kappa shape index (κ1) is 15.9. The standard InChI is InChI=1S/C15H27N3O/c1-6-12(2)18(10-11-19-5)15-14(13(3)16-4)8-7-9-17-15/h7-9,12-13,16H,6,10-11H2,1-5H3. The molecule has 1 N–H and O–H groups in total. The normalized spacial score (nSPS) is 14.2. The van der Waals surface area contributed by atoms with E-state index >= 15 is 0 Å². The minimum Gasteiger partial charge on any atom is -0.383 e. The topological polar surface area (TPSA) is 37.4 Å². The Morgan fingerprint density at radius 1 is 1.42 bits per heavy atom. The lowest BCUT2D eigenvalue weighted by Gasteiger charge is -2.32. The van der Waals surface area contributed by atoms with Crippen LogP contribution in [0.3, 0.4) is 0 Å². The van der Waals surface area contributed by atoms with Gasteiger partial charge in [0.2, 0.25) is 0 Å². The van der Waals surface area contributed by atoms with Gasteiger partial charge < -0.3 is 15.0 Å². The number of pyridine rings is 1. The van der Waals surface area contributed by atoms with Crippen LogP contribution >= 0.6 is 0 Å². The Balaban J connectivity index is 3.06. The van der Waals surface area contributed by atoms with Gasteiger partial charge >= 0.3 is 0 Å². The fourth-order valence-corrected chi connectivity index (χ4v) is 2.09. The average Bonchev–Trinajstić information content (AvgIpc) is 2.46. The number of methoxy groups -OCH3 is 1. The van der Waals surface area contributed by atoms with Crippen LogP contribution in [0.4, 0.5) is 5.82 Å². The van der Waals surface area contributed by atoms with Gasteiger partial charge in [0.15, 0.2) is 0 Å². The number of nitrogens with zero attached hydrogens (tertiary/aromatic N) is 2. The molecule has 1 aromatic heterocycles. The van der Waals surface area contributed by atoms with E-state index in [-0.39, 0.29) is 6.04 Å². The van der Waals surface area contributed by atoms with Crippen molar-refractivity contribution in [3.05, 3.63) is 23.9 Å².